The molecule has 0 aliphatic heterocycles. The van der Waals surface area contributed by atoms with Crippen molar-refractivity contribution in [3.8, 4) is 0 Å². The summed E-state index contributed by atoms with van der Waals surface area (Å²) in [6.07, 6.45) is 5.13. The van der Waals surface area contributed by atoms with Crippen molar-refractivity contribution in [3.63, 3.8) is 0 Å². The van der Waals surface area contributed by atoms with Gasteiger partial charge in [0.15, 0.2) is 0 Å². The fourth-order valence-electron chi connectivity index (χ4n) is 2.67. The Bertz CT molecular complexity index is 339. The van der Waals surface area contributed by atoms with Gasteiger partial charge >= 0.3 is 12.0 Å². The third-order valence-corrected chi connectivity index (χ3v) is 5.25. The number of thioether (sulfide) groups is 1. The average molecular weight is 316 g/mol. The summed E-state index contributed by atoms with van der Waals surface area (Å²) in [5, 5.41) is 15.1. The van der Waals surface area contributed by atoms with Gasteiger partial charge in [-0.2, -0.15) is 11.8 Å². The number of hydrogen-bond donors (Lipinski definition) is 3. The minimum Gasteiger partial charge on any atom is -0.481 e. The second kappa shape index (κ2) is 9.92. The molecule has 3 unspecified atom stereocenters. The number of carbonyl (C=O) groups excluding carboxylic acids is 1. The molecular weight excluding hydrogens is 288 g/mol. The molecule has 5 nitrogen and oxygen atoms in total. The maximum atomic E-state index is 11.9. The highest BCUT2D eigenvalue weighted by atomic mass is 32.2. The molecule has 0 spiro atoms. The second-order valence-electron chi connectivity index (χ2n) is 5.76. The van der Waals surface area contributed by atoms with Gasteiger partial charge in [-0.1, -0.05) is 20.3 Å². The lowest BCUT2D eigenvalue weighted by atomic mass is 10.0. The summed E-state index contributed by atoms with van der Waals surface area (Å²) in [5.74, 6) is 0.649. The SMILES string of the molecule is CCSC1CCCC1NC(=O)NCCC(C)CCC(=O)O. The largest absolute Gasteiger partial charge is 0.481 e. The summed E-state index contributed by atoms with van der Waals surface area (Å²) >= 11 is 1.93. The van der Waals surface area contributed by atoms with Gasteiger partial charge in [-0.3, -0.25) is 4.79 Å². The Morgan fingerprint density at radius 3 is 2.76 bits per heavy atom. The van der Waals surface area contributed by atoms with Crippen molar-refractivity contribution in [1.82, 2.24) is 10.6 Å². The fraction of sp³-hybridized carbons (Fsp3) is 0.867. The minimum atomic E-state index is -0.756. The van der Waals surface area contributed by atoms with E-state index in [2.05, 4.69) is 17.6 Å². The van der Waals surface area contributed by atoms with E-state index in [-0.39, 0.29) is 12.5 Å². The fourth-order valence-corrected chi connectivity index (χ4v) is 3.87. The lowest BCUT2D eigenvalue weighted by molar-refractivity contribution is -0.137. The summed E-state index contributed by atoms with van der Waals surface area (Å²) < 4.78 is 0. The van der Waals surface area contributed by atoms with Crippen molar-refractivity contribution < 1.29 is 14.7 Å². The highest BCUT2D eigenvalue weighted by molar-refractivity contribution is 7.99. The van der Waals surface area contributed by atoms with Crippen LogP contribution in [0.4, 0.5) is 4.79 Å². The normalized spacial score (nSPS) is 22.8. The molecule has 0 bridgehead atoms. The van der Waals surface area contributed by atoms with Crippen molar-refractivity contribution in [2.24, 2.45) is 5.92 Å². The number of carboxylic acid groups (broad SMARTS) is 1. The average Bonchev–Trinajstić information content (AvgIpc) is 2.84. The molecule has 1 aliphatic rings. The molecule has 3 atom stereocenters. The van der Waals surface area contributed by atoms with Gasteiger partial charge in [-0.25, -0.2) is 4.79 Å². The Morgan fingerprint density at radius 1 is 1.33 bits per heavy atom. The second-order valence-corrected chi connectivity index (χ2v) is 7.27. The van der Waals surface area contributed by atoms with E-state index in [1.54, 1.807) is 0 Å². The zero-order valence-electron chi connectivity index (χ0n) is 13.1. The zero-order valence-corrected chi connectivity index (χ0v) is 13.9. The maximum Gasteiger partial charge on any atom is 0.315 e. The first kappa shape index (κ1) is 18.1. The van der Waals surface area contributed by atoms with Crippen LogP contribution in [0.5, 0.6) is 0 Å². The molecule has 1 saturated carbocycles. The Hall–Kier alpha value is -0.910. The number of urea groups is 1. The number of amides is 2. The third kappa shape index (κ3) is 7.60. The van der Waals surface area contributed by atoms with Crippen LogP contribution in [0.25, 0.3) is 0 Å². The summed E-state index contributed by atoms with van der Waals surface area (Å²) in [4.78, 5) is 22.4. The Balaban J connectivity index is 2.14. The molecule has 6 heteroatoms. The molecule has 1 rings (SSSR count). The maximum absolute atomic E-state index is 11.9. The Labute approximate surface area is 131 Å². The van der Waals surface area contributed by atoms with Gasteiger partial charge in [0.1, 0.15) is 0 Å². The van der Waals surface area contributed by atoms with Crippen LogP contribution in [0.1, 0.15) is 52.4 Å². The van der Waals surface area contributed by atoms with Crippen molar-refractivity contribution in [1.29, 1.82) is 0 Å². The topological polar surface area (TPSA) is 78.4 Å². The standard InChI is InChI=1S/C15H28N2O3S/c1-3-21-13-6-4-5-12(13)17-15(20)16-10-9-11(2)7-8-14(18)19/h11-13H,3-10H2,1-2H3,(H,18,19)(H2,16,17,20). The molecular formula is C15H28N2O3S. The summed E-state index contributed by atoms with van der Waals surface area (Å²) in [6, 6.07) is 0.202. The van der Waals surface area contributed by atoms with Gasteiger partial charge in [-0.15, -0.1) is 0 Å². The molecule has 1 aliphatic carbocycles. The van der Waals surface area contributed by atoms with Gasteiger partial charge in [-0.05, 0) is 37.4 Å². The molecule has 0 saturated heterocycles. The predicted molar refractivity (Wildman–Crippen MR) is 86.7 cm³/mol. The van der Waals surface area contributed by atoms with E-state index < -0.39 is 5.97 Å². The van der Waals surface area contributed by atoms with Crippen LogP contribution >= 0.6 is 11.8 Å². The van der Waals surface area contributed by atoms with Crippen molar-refractivity contribution in [2.75, 3.05) is 12.3 Å². The monoisotopic (exact) mass is 316 g/mol. The molecule has 0 heterocycles. The highest BCUT2D eigenvalue weighted by Gasteiger charge is 2.28. The lowest BCUT2D eigenvalue weighted by Crippen LogP contribution is -2.45. The van der Waals surface area contributed by atoms with Crippen LogP contribution in [0.15, 0.2) is 0 Å². The number of aliphatic carboxylic acids is 1. The lowest BCUT2D eigenvalue weighted by Gasteiger charge is -2.20. The molecule has 122 valence electrons. The molecule has 0 aromatic carbocycles. The van der Waals surface area contributed by atoms with Crippen molar-refractivity contribution in [3.05, 3.63) is 0 Å². The van der Waals surface area contributed by atoms with E-state index in [4.69, 9.17) is 5.11 Å². The van der Waals surface area contributed by atoms with Crippen molar-refractivity contribution >= 4 is 23.8 Å². The van der Waals surface area contributed by atoms with Crippen molar-refractivity contribution in [2.45, 2.75) is 63.7 Å². The quantitative estimate of drug-likeness (QED) is 0.611. The van der Waals surface area contributed by atoms with Gasteiger partial charge in [0.2, 0.25) is 0 Å². The number of rotatable bonds is 9. The third-order valence-electron chi connectivity index (χ3n) is 3.92. The van der Waals surface area contributed by atoms with Crippen LogP contribution in [-0.2, 0) is 4.79 Å². The highest BCUT2D eigenvalue weighted by Crippen LogP contribution is 2.29. The number of nitrogens with one attached hydrogen (secondary N) is 2. The van der Waals surface area contributed by atoms with Gasteiger partial charge in [0.25, 0.3) is 0 Å². The molecule has 21 heavy (non-hydrogen) atoms. The van der Waals surface area contributed by atoms with E-state index >= 15 is 0 Å². The van der Waals surface area contributed by atoms with E-state index in [1.807, 2.05) is 18.7 Å². The predicted octanol–water partition coefficient (Wildman–Crippen LogP) is 2.85. The number of carboxylic acids is 1. The number of carbonyl (C=O) groups is 2. The van der Waals surface area contributed by atoms with Crippen LogP contribution in [0.3, 0.4) is 0 Å². The smallest absolute Gasteiger partial charge is 0.315 e. The first-order chi connectivity index (χ1) is 10.0. The van der Waals surface area contributed by atoms with Crippen LogP contribution in [-0.4, -0.2) is 40.7 Å². The first-order valence-corrected chi connectivity index (χ1v) is 8.95. The molecule has 1 fully saturated rings. The number of hydrogen-bond acceptors (Lipinski definition) is 3. The van der Waals surface area contributed by atoms with Crippen LogP contribution in [0, 0.1) is 5.92 Å². The van der Waals surface area contributed by atoms with Crippen LogP contribution < -0.4 is 10.6 Å². The van der Waals surface area contributed by atoms with Gasteiger partial charge < -0.3 is 15.7 Å². The molecule has 0 radical (unpaired) electrons. The van der Waals surface area contributed by atoms with E-state index in [0.29, 0.717) is 30.2 Å². The summed E-state index contributed by atoms with van der Waals surface area (Å²) in [7, 11) is 0. The molecule has 0 aromatic rings. The first-order valence-electron chi connectivity index (χ1n) is 7.90. The van der Waals surface area contributed by atoms with Gasteiger partial charge in [0.05, 0.1) is 0 Å². The van der Waals surface area contributed by atoms with Gasteiger partial charge in [0, 0.05) is 24.3 Å². The Kier molecular flexibility index (Phi) is 8.57. The summed E-state index contributed by atoms with van der Waals surface area (Å²) in [6.45, 7) is 4.77. The van der Waals surface area contributed by atoms with E-state index in [0.717, 1.165) is 18.6 Å². The zero-order chi connectivity index (χ0) is 15.7. The Morgan fingerprint density at radius 2 is 2.10 bits per heavy atom. The van der Waals surface area contributed by atoms with Crippen LogP contribution in [0.2, 0.25) is 0 Å². The molecule has 2 amide bonds. The summed E-state index contributed by atoms with van der Waals surface area (Å²) in [5.41, 5.74) is 0. The van der Waals surface area contributed by atoms with E-state index in [9.17, 15) is 9.59 Å². The van der Waals surface area contributed by atoms with E-state index in [1.165, 1.54) is 12.8 Å². The molecule has 0 aromatic heterocycles. The minimum absolute atomic E-state index is 0.0889. The molecule has 3 N–H and O–H groups in total.